The maximum Gasteiger partial charge on any atom is 0.255 e. The number of aromatic nitrogens is 1. The van der Waals surface area contributed by atoms with Crippen LogP contribution in [-0.4, -0.2) is 22.7 Å². The number of nitrogens with zero attached hydrogens (tertiary/aromatic N) is 2. The quantitative estimate of drug-likeness (QED) is 0.690. The molecule has 7 nitrogen and oxygen atoms in total. The third kappa shape index (κ3) is 3.44. The van der Waals surface area contributed by atoms with Crippen molar-refractivity contribution in [2.24, 2.45) is 7.05 Å². The molecular formula is C20H21N5O2S. The van der Waals surface area contributed by atoms with Gasteiger partial charge in [-0.2, -0.15) is 5.26 Å². The minimum absolute atomic E-state index is 0.281. The van der Waals surface area contributed by atoms with Crippen LogP contribution >= 0.6 is 12.2 Å². The molecule has 1 aromatic carbocycles. The number of carbonyl (C=O) groups excluding carboxylic acids is 1. The summed E-state index contributed by atoms with van der Waals surface area (Å²) in [5, 5.41) is 18.9. The highest BCUT2D eigenvalue weighted by molar-refractivity contribution is 7.80. The summed E-state index contributed by atoms with van der Waals surface area (Å²) in [6.07, 6.45) is 0. The van der Waals surface area contributed by atoms with E-state index in [9.17, 15) is 10.1 Å². The Morgan fingerprint density at radius 1 is 1.36 bits per heavy atom. The van der Waals surface area contributed by atoms with Gasteiger partial charge in [-0.05, 0) is 44.3 Å². The molecule has 0 saturated heterocycles. The fraction of sp³-hybridized carbons (Fsp3) is 0.250. The van der Waals surface area contributed by atoms with Gasteiger partial charge in [-0.3, -0.25) is 4.79 Å². The lowest BCUT2D eigenvalue weighted by Gasteiger charge is -2.30. The van der Waals surface area contributed by atoms with Crippen LogP contribution in [0.25, 0.3) is 0 Å². The summed E-state index contributed by atoms with van der Waals surface area (Å²) in [4.78, 5) is 13.2. The molecule has 1 amide bonds. The normalized spacial score (nSPS) is 16.1. The van der Waals surface area contributed by atoms with Crippen LogP contribution in [0.5, 0.6) is 5.75 Å². The Hall–Kier alpha value is -3.31. The summed E-state index contributed by atoms with van der Waals surface area (Å²) >= 11 is 5.30. The molecule has 2 heterocycles. The van der Waals surface area contributed by atoms with Gasteiger partial charge in [0.1, 0.15) is 17.5 Å². The van der Waals surface area contributed by atoms with Gasteiger partial charge in [0, 0.05) is 24.0 Å². The molecule has 144 valence electrons. The summed E-state index contributed by atoms with van der Waals surface area (Å²) in [7, 11) is 3.37. The average molecular weight is 395 g/mol. The summed E-state index contributed by atoms with van der Waals surface area (Å²) in [6.45, 7) is 3.72. The van der Waals surface area contributed by atoms with E-state index in [0.717, 1.165) is 11.3 Å². The standard InChI is InChI=1S/C20H21N5O2S/c1-11-17(19(26)23-15-7-5-6-8-16(15)27-4)18(24-20(28)22-11)14-9-13(10-21)25(3)12(14)2/h5-9,18H,1-4H3,(H,23,26)(H2,22,24,28)/t18-/m0/s1. The molecule has 8 heteroatoms. The first-order valence-corrected chi connectivity index (χ1v) is 9.07. The number of methoxy groups -OCH3 is 1. The number of ether oxygens (including phenoxy) is 1. The van der Waals surface area contributed by atoms with Gasteiger partial charge < -0.3 is 25.3 Å². The molecule has 3 rings (SSSR count). The van der Waals surface area contributed by atoms with Crippen LogP contribution in [0, 0.1) is 18.3 Å². The molecule has 1 aliphatic rings. The summed E-state index contributed by atoms with van der Waals surface area (Å²) in [5.41, 5.74) is 3.95. The van der Waals surface area contributed by atoms with Crippen LogP contribution in [0.15, 0.2) is 41.6 Å². The predicted octanol–water partition coefficient (Wildman–Crippen LogP) is 2.65. The van der Waals surface area contributed by atoms with Crippen molar-refractivity contribution in [3.8, 4) is 11.8 Å². The van der Waals surface area contributed by atoms with Crippen molar-refractivity contribution in [1.29, 1.82) is 5.26 Å². The Morgan fingerprint density at radius 3 is 2.71 bits per heavy atom. The Kier molecular flexibility index (Phi) is 5.38. The zero-order valence-electron chi connectivity index (χ0n) is 16.1. The van der Waals surface area contributed by atoms with Crippen molar-refractivity contribution in [1.82, 2.24) is 15.2 Å². The summed E-state index contributed by atoms with van der Waals surface area (Å²) in [6, 6.07) is 10.7. The van der Waals surface area contributed by atoms with E-state index in [1.54, 1.807) is 36.8 Å². The lowest BCUT2D eigenvalue weighted by atomic mass is 9.95. The minimum atomic E-state index is -0.475. The van der Waals surface area contributed by atoms with E-state index in [2.05, 4.69) is 22.0 Å². The highest BCUT2D eigenvalue weighted by Crippen LogP contribution is 2.32. The van der Waals surface area contributed by atoms with Crippen LogP contribution in [0.2, 0.25) is 0 Å². The number of benzene rings is 1. The first-order chi connectivity index (χ1) is 13.4. The molecule has 0 fully saturated rings. The Balaban J connectivity index is 2.03. The topological polar surface area (TPSA) is 91.1 Å². The van der Waals surface area contributed by atoms with Crippen molar-refractivity contribution >= 4 is 28.9 Å². The minimum Gasteiger partial charge on any atom is -0.495 e. The van der Waals surface area contributed by atoms with Crippen LogP contribution < -0.4 is 20.7 Å². The SMILES string of the molecule is COc1ccccc1NC(=O)C1=C(C)NC(=S)N[C@H]1c1cc(C#N)n(C)c1C. The van der Waals surface area contributed by atoms with Crippen molar-refractivity contribution in [2.75, 3.05) is 12.4 Å². The summed E-state index contributed by atoms with van der Waals surface area (Å²) < 4.78 is 7.12. The van der Waals surface area contributed by atoms with E-state index in [-0.39, 0.29) is 5.91 Å². The second kappa shape index (κ2) is 7.74. The molecule has 0 unspecified atom stereocenters. The molecule has 0 bridgehead atoms. The number of anilines is 1. The van der Waals surface area contributed by atoms with Gasteiger partial charge in [0.2, 0.25) is 0 Å². The monoisotopic (exact) mass is 395 g/mol. The number of hydrogen-bond donors (Lipinski definition) is 3. The second-order valence-corrected chi connectivity index (χ2v) is 6.87. The third-order valence-electron chi connectivity index (χ3n) is 4.87. The number of allylic oxidation sites excluding steroid dienone is 1. The fourth-order valence-corrected chi connectivity index (χ4v) is 3.56. The van der Waals surface area contributed by atoms with Crippen LogP contribution in [0.3, 0.4) is 0 Å². The zero-order chi connectivity index (χ0) is 20.4. The van der Waals surface area contributed by atoms with E-state index < -0.39 is 6.04 Å². The van der Waals surface area contributed by atoms with E-state index in [1.807, 2.05) is 26.1 Å². The van der Waals surface area contributed by atoms with E-state index in [0.29, 0.717) is 33.5 Å². The number of hydrogen-bond acceptors (Lipinski definition) is 4. The van der Waals surface area contributed by atoms with Crippen LogP contribution in [0.1, 0.15) is 29.9 Å². The summed E-state index contributed by atoms with van der Waals surface area (Å²) in [5.74, 6) is 0.289. The van der Waals surface area contributed by atoms with E-state index in [1.165, 1.54) is 0 Å². The highest BCUT2D eigenvalue weighted by atomic mass is 32.1. The fourth-order valence-electron chi connectivity index (χ4n) is 3.29. The molecule has 3 N–H and O–H groups in total. The van der Waals surface area contributed by atoms with Gasteiger partial charge in [0.15, 0.2) is 5.11 Å². The van der Waals surface area contributed by atoms with Gasteiger partial charge >= 0.3 is 0 Å². The van der Waals surface area contributed by atoms with Crippen molar-refractivity contribution in [2.45, 2.75) is 19.9 Å². The lowest BCUT2D eigenvalue weighted by molar-refractivity contribution is -0.113. The van der Waals surface area contributed by atoms with Gasteiger partial charge in [-0.25, -0.2) is 0 Å². The number of amides is 1. The van der Waals surface area contributed by atoms with Crippen LogP contribution in [0.4, 0.5) is 5.69 Å². The molecular weight excluding hydrogens is 374 g/mol. The number of nitriles is 1. The molecule has 0 radical (unpaired) electrons. The van der Waals surface area contributed by atoms with Crippen molar-refractivity contribution < 1.29 is 9.53 Å². The molecule has 1 aromatic heterocycles. The van der Waals surface area contributed by atoms with Gasteiger partial charge in [0.25, 0.3) is 5.91 Å². The number of thiocarbonyl (C=S) groups is 1. The second-order valence-electron chi connectivity index (χ2n) is 6.47. The largest absolute Gasteiger partial charge is 0.495 e. The van der Waals surface area contributed by atoms with Gasteiger partial charge in [-0.1, -0.05) is 12.1 Å². The third-order valence-corrected chi connectivity index (χ3v) is 5.09. The molecule has 0 aliphatic carbocycles. The van der Waals surface area contributed by atoms with E-state index >= 15 is 0 Å². The smallest absolute Gasteiger partial charge is 0.255 e. The number of rotatable bonds is 4. The average Bonchev–Trinajstić information content (AvgIpc) is 2.95. The Morgan fingerprint density at radius 2 is 2.07 bits per heavy atom. The van der Waals surface area contributed by atoms with Gasteiger partial charge in [-0.15, -0.1) is 0 Å². The van der Waals surface area contributed by atoms with Crippen molar-refractivity contribution in [3.63, 3.8) is 0 Å². The molecule has 2 aromatic rings. The molecule has 1 aliphatic heterocycles. The maximum absolute atomic E-state index is 13.2. The zero-order valence-corrected chi connectivity index (χ0v) is 16.9. The van der Waals surface area contributed by atoms with E-state index in [4.69, 9.17) is 17.0 Å². The first kappa shape index (κ1) is 19.5. The lowest BCUT2D eigenvalue weighted by Crippen LogP contribution is -2.45. The Labute approximate surface area is 169 Å². The highest BCUT2D eigenvalue weighted by Gasteiger charge is 2.32. The number of para-hydroxylation sites is 2. The maximum atomic E-state index is 13.2. The van der Waals surface area contributed by atoms with Crippen molar-refractivity contribution in [3.05, 3.63) is 58.6 Å². The molecule has 0 saturated carbocycles. The molecule has 28 heavy (non-hydrogen) atoms. The van der Waals surface area contributed by atoms with Gasteiger partial charge in [0.05, 0.1) is 24.4 Å². The first-order valence-electron chi connectivity index (χ1n) is 8.66. The predicted molar refractivity (Wildman–Crippen MR) is 111 cm³/mol. The number of nitrogens with one attached hydrogen (secondary N) is 3. The molecule has 1 atom stereocenters. The Bertz CT molecular complexity index is 1030. The number of carbonyl (C=O) groups is 1. The van der Waals surface area contributed by atoms with Crippen LogP contribution in [-0.2, 0) is 11.8 Å². The molecule has 0 spiro atoms.